The van der Waals surface area contributed by atoms with Gasteiger partial charge >= 0.3 is 5.97 Å². The summed E-state index contributed by atoms with van der Waals surface area (Å²) in [5.74, 6) is -1.48. The Bertz CT molecular complexity index is 993. The summed E-state index contributed by atoms with van der Waals surface area (Å²) < 4.78 is 6.30. The van der Waals surface area contributed by atoms with Crippen LogP contribution in [0.4, 0.5) is 10.7 Å². The smallest absolute Gasteiger partial charge is 0.341 e. The van der Waals surface area contributed by atoms with E-state index in [0.717, 1.165) is 11.3 Å². The van der Waals surface area contributed by atoms with Crippen molar-refractivity contribution in [2.75, 3.05) is 30.8 Å². The maximum Gasteiger partial charge on any atom is 0.341 e. The van der Waals surface area contributed by atoms with Gasteiger partial charge in [-0.15, -0.1) is 11.3 Å². The summed E-state index contributed by atoms with van der Waals surface area (Å²) in [5.41, 5.74) is 6.40. The van der Waals surface area contributed by atoms with Crippen molar-refractivity contribution in [3.8, 4) is 0 Å². The van der Waals surface area contributed by atoms with Gasteiger partial charge in [0.1, 0.15) is 5.00 Å². The molecule has 30 heavy (non-hydrogen) atoms. The van der Waals surface area contributed by atoms with E-state index in [1.807, 2.05) is 13.8 Å². The molecular formula is C18H24N6O4S2. The van der Waals surface area contributed by atoms with Gasteiger partial charge in [0, 0.05) is 26.3 Å². The predicted octanol–water partition coefficient (Wildman–Crippen LogP) is 1.97. The topological polar surface area (TPSA) is 132 Å². The largest absolute Gasteiger partial charge is 0.465 e. The molecule has 4 N–H and O–H groups in total. The van der Waals surface area contributed by atoms with Crippen LogP contribution in [-0.4, -0.2) is 57.8 Å². The number of thiocarbonyl (C=S) groups is 1. The Balaban J connectivity index is 2.37. The molecule has 162 valence electrons. The highest BCUT2D eigenvalue weighted by atomic mass is 32.1. The number of anilines is 2. The molecule has 0 radical (unpaired) electrons. The number of rotatable bonds is 7. The van der Waals surface area contributed by atoms with Gasteiger partial charge in [0.25, 0.3) is 11.8 Å². The molecule has 0 aromatic carbocycles. The first kappa shape index (κ1) is 23.3. The average Bonchev–Trinajstić information content (AvgIpc) is 3.21. The lowest BCUT2D eigenvalue weighted by atomic mass is 10.1. The van der Waals surface area contributed by atoms with Crippen molar-refractivity contribution in [1.29, 1.82) is 0 Å². The fourth-order valence-electron chi connectivity index (χ4n) is 2.83. The fourth-order valence-corrected chi connectivity index (χ4v) is 4.27. The zero-order chi connectivity index (χ0) is 22.6. The summed E-state index contributed by atoms with van der Waals surface area (Å²) in [5, 5.41) is 10.2. The van der Waals surface area contributed by atoms with Crippen molar-refractivity contribution in [3.63, 3.8) is 0 Å². The highest BCUT2D eigenvalue weighted by Gasteiger charge is 2.27. The number of methoxy groups -OCH3 is 1. The van der Waals surface area contributed by atoms with E-state index in [2.05, 4.69) is 15.7 Å². The number of esters is 1. The number of carbonyl (C=O) groups is 3. The van der Waals surface area contributed by atoms with Gasteiger partial charge in [-0.2, -0.15) is 5.10 Å². The molecule has 0 aliphatic carbocycles. The molecule has 2 heterocycles. The minimum absolute atomic E-state index is 0.0228. The number of hydrogen-bond donors (Lipinski definition) is 3. The van der Waals surface area contributed by atoms with Crippen LogP contribution in [0.25, 0.3) is 0 Å². The average molecular weight is 453 g/mol. The molecule has 0 spiro atoms. The van der Waals surface area contributed by atoms with E-state index in [4.69, 9.17) is 22.7 Å². The van der Waals surface area contributed by atoms with Crippen LogP contribution in [0.3, 0.4) is 0 Å². The molecule has 2 rings (SSSR count). The summed E-state index contributed by atoms with van der Waals surface area (Å²) >= 11 is 6.43. The highest BCUT2D eigenvalue weighted by molar-refractivity contribution is 7.80. The third-order valence-corrected chi connectivity index (χ3v) is 5.72. The van der Waals surface area contributed by atoms with Gasteiger partial charge in [0.15, 0.2) is 10.8 Å². The Morgan fingerprint density at radius 2 is 1.93 bits per heavy atom. The number of carbonyl (C=O) groups excluding carboxylic acids is 3. The molecule has 2 aromatic heterocycles. The van der Waals surface area contributed by atoms with Gasteiger partial charge in [-0.25, -0.2) is 4.79 Å². The van der Waals surface area contributed by atoms with E-state index in [-0.39, 0.29) is 22.3 Å². The van der Waals surface area contributed by atoms with Crippen LogP contribution in [0.5, 0.6) is 0 Å². The molecular weight excluding hydrogens is 428 g/mol. The van der Waals surface area contributed by atoms with Gasteiger partial charge in [-0.3, -0.25) is 14.3 Å². The molecule has 12 heteroatoms. The number of nitrogens with one attached hydrogen (secondary N) is 2. The van der Waals surface area contributed by atoms with Crippen LogP contribution < -0.4 is 16.4 Å². The van der Waals surface area contributed by atoms with E-state index in [1.54, 1.807) is 25.1 Å². The molecule has 0 saturated carbocycles. The minimum atomic E-state index is -0.713. The molecule has 0 atom stereocenters. The van der Waals surface area contributed by atoms with Crippen LogP contribution in [0.1, 0.15) is 49.9 Å². The number of nitrogens with zero attached hydrogens (tertiary/aromatic N) is 3. The van der Waals surface area contributed by atoms with Gasteiger partial charge in [0.2, 0.25) is 0 Å². The maximum atomic E-state index is 12.8. The van der Waals surface area contributed by atoms with Crippen molar-refractivity contribution in [1.82, 2.24) is 14.7 Å². The van der Waals surface area contributed by atoms with Gasteiger partial charge in [0.05, 0.1) is 23.2 Å². The normalized spacial score (nSPS) is 10.4. The second kappa shape index (κ2) is 9.67. The van der Waals surface area contributed by atoms with E-state index in [1.165, 1.54) is 11.8 Å². The summed E-state index contributed by atoms with van der Waals surface area (Å²) in [7, 11) is 2.90. The first-order chi connectivity index (χ1) is 14.1. The number of thiophene rings is 1. The van der Waals surface area contributed by atoms with Gasteiger partial charge < -0.3 is 26.0 Å². The number of ether oxygens (including phenoxy) is 1. The van der Waals surface area contributed by atoms with E-state index < -0.39 is 11.9 Å². The molecule has 0 aliphatic rings. The summed E-state index contributed by atoms with van der Waals surface area (Å²) in [6, 6.07) is 0. The summed E-state index contributed by atoms with van der Waals surface area (Å²) in [6.45, 7) is 6.54. The second-order valence-electron chi connectivity index (χ2n) is 6.24. The molecule has 0 saturated heterocycles. The first-order valence-corrected chi connectivity index (χ1v) is 10.3. The third kappa shape index (κ3) is 4.76. The van der Waals surface area contributed by atoms with Crippen molar-refractivity contribution in [3.05, 3.63) is 27.9 Å². The van der Waals surface area contributed by atoms with E-state index in [9.17, 15) is 14.4 Å². The van der Waals surface area contributed by atoms with Gasteiger partial charge in [-0.05, 0) is 38.6 Å². The van der Waals surface area contributed by atoms with Crippen molar-refractivity contribution in [2.45, 2.75) is 20.8 Å². The summed E-state index contributed by atoms with van der Waals surface area (Å²) in [6.07, 6.45) is 1.55. The van der Waals surface area contributed by atoms with Gasteiger partial charge in [-0.1, -0.05) is 0 Å². The van der Waals surface area contributed by atoms with Crippen LogP contribution in [0.15, 0.2) is 6.20 Å². The number of amides is 2. The lowest BCUT2D eigenvalue weighted by Gasteiger charge is -2.17. The lowest BCUT2D eigenvalue weighted by Crippen LogP contribution is -2.30. The second-order valence-corrected chi connectivity index (χ2v) is 7.67. The highest BCUT2D eigenvalue weighted by Crippen LogP contribution is 2.34. The number of primary amides is 1. The van der Waals surface area contributed by atoms with Crippen molar-refractivity contribution in [2.24, 2.45) is 12.8 Å². The number of aryl methyl sites for hydroxylation is 1. The molecule has 2 amide bonds. The quantitative estimate of drug-likeness (QED) is 0.429. The Hall–Kier alpha value is -2.99. The SMILES string of the molecule is CCN(CC)C(=O)c1sc(NC(=S)Nc2cn(C)nc2C(N)=O)c(C(=O)OC)c1C. The zero-order valence-electron chi connectivity index (χ0n) is 17.4. The first-order valence-electron chi connectivity index (χ1n) is 9.06. The fraction of sp³-hybridized carbons (Fsp3) is 0.389. The van der Waals surface area contributed by atoms with E-state index >= 15 is 0 Å². The summed E-state index contributed by atoms with van der Waals surface area (Å²) in [4.78, 5) is 38.8. The predicted molar refractivity (Wildman–Crippen MR) is 119 cm³/mol. The van der Waals surface area contributed by atoms with Crippen LogP contribution in [0, 0.1) is 6.92 Å². The number of nitrogens with two attached hydrogens (primary N) is 1. The molecule has 10 nitrogen and oxygen atoms in total. The minimum Gasteiger partial charge on any atom is -0.465 e. The molecule has 0 fully saturated rings. The Morgan fingerprint density at radius 1 is 1.30 bits per heavy atom. The van der Waals surface area contributed by atoms with Crippen LogP contribution in [0.2, 0.25) is 0 Å². The lowest BCUT2D eigenvalue weighted by molar-refractivity contribution is 0.0601. The number of hydrogen-bond acceptors (Lipinski definition) is 7. The van der Waals surface area contributed by atoms with Crippen molar-refractivity contribution < 1.29 is 19.1 Å². The maximum absolute atomic E-state index is 12.8. The van der Waals surface area contributed by atoms with Crippen molar-refractivity contribution >= 4 is 57.1 Å². The Kier molecular flexibility index (Phi) is 7.51. The molecule has 0 unspecified atom stereocenters. The van der Waals surface area contributed by atoms with Crippen LogP contribution in [-0.2, 0) is 11.8 Å². The standard InChI is InChI=1S/C18H24N6O4S2/c1-6-24(7-2)16(26)13-9(3)11(17(27)28-5)15(30-13)21-18(29)20-10-8-23(4)22-12(10)14(19)25/h8H,6-7H2,1-5H3,(H2,19,25)(H2,20,21,29). The number of aromatic nitrogens is 2. The Morgan fingerprint density at radius 3 is 2.47 bits per heavy atom. The molecule has 0 aliphatic heterocycles. The van der Waals surface area contributed by atoms with E-state index in [0.29, 0.717) is 34.2 Å². The molecule has 0 bridgehead atoms. The Labute approximate surface area is 183 Å². The zero-order valence-corrected chi connectivity index (χ0v) is 19.0. The molecule has 2 aromatic rings. The monoisotopic (exact) mass is 452 g/mol. The van der Waals surface area contributed by atoms with Crippen LogP contribution >= 0.6 is 23.6 Å². The third-order valence-electron chi connectivity index (χ3n) is 4.32.